The second-order valence-electron chi connectivity index (χ2n) is 3.82. The Kier molecular flexibility index (Phi) is 2.79. The molecule has 1 unspecified atom stereocenters. The molecule has 13 heavy (non-hydrogen) atoms. The SMILES string of the molecule is CN(C(=O)C1CNC1)C1CCSC1. The molecule has 3 nitrogen and oxygen atoms in total. The molecule has 1 amide bonds. The van der Waals surface area contributed by atoms with Gasteiger partial charge in [-0.05, 0) is 12.2 Å². The van der Waals surface area contributed by atoms with Crippen LogP contribution >= 0.6 is 11.8 Å². The van der Waals surface area contributed by atoms with Gasteiger partial charge in [-0.3, -0.25) is 4.79 Å². The van der Waals surface area contributed by atoms with E-state index in [2.05, 4.69) is 5.32 Å². The van der Waals surface area contributed by atoms with E-state index < -0.39 is 0 Å². The molecule has 0 aromatic carbocycles. The Bertz CT molecular complexity index is 200. The Morgan fingerprint density at radius 3 is 2.77 bits per heavy atom. The number of carbonyl (C=O) groups excluding carboxylic acids is 1. The van der Waals surface area contributed by atoms with Crippen molar-refractivity contribution in [3.63, 3.8) is 0 Å². The van der Waals surface area contributed by atoms with Gasteiger partial charge >= 0.3 is 0 Å². The van der Waals surface area contributed by atoms with Crippen molar-refractivity contribution in [2.45, 2.75) is 12.5 Å². The Labute approximate surface area is 83.2 Å². The van der Waals surface area contributed by atoms with Crippen LogP contribution in [0.3, 0.4) is 0 Å². The monoisotopic (exact) mass is 200 g/mol. The van der Waals surface area contributed by atoms with Crippen molar-refractivity contribution in [2.75, 3.05) is 31.6 Å². The van der Waals surface area contributed by atoms with E-state index in [1.807, 2.05) is 23.7 Å². The lowest BCUT2D eigenvalue weighted by molar-refractivity contribution is -0.137. The number of amides is 1. The number of hydrogen-bond acceptors (Lipinski definition) is 3. The molecule has 0 aromatic heterocycles. The highest BCUT2D eigenvalue weighted by Gasteiger charge is 2.31. The molecular weight excluding hydrogens is 184 g/mol. The Morgan fingerprint density at radius 1 is 1.54 bits per heavy atom. The van der Waals surface area contributed by atoms with Gasteiger partial charge in [0.25, 0.3) is 0 Å². The second kappa shape index (κ2) is 3.88. The lowest BCUT2D eigenvalue weighted by atomic mass is 10.0. The Hall–Kier alpha value is -0.220. The molecule has 0 saturated carbocycles. The van der Waals surface area contributed by atoms with Gasteiger partial charge in [0.1, 0.15) is 0 Å². The van der Waals surface area contributed by atoms with Crippen molar-refractivity contribution in [1.82, 2.24) is 10.2 Å². The summed E-state index contributed by atoms with van der Waals surface area (Å²) in [5.41, 5.74) is 0. The zero-order chi connectivity index (χ0) is 9.26. The number of carbonyl (C=O) groups is 1. The molecule has 0 aliphatic carbocycles. The number of hydrogen-bond donors (Lipinski definition) is 1. The molecule has 0 aromatic rings. The van der Waals surface area contributed by atoms with Crippen LogP contribution in [0.2, 0.25) is 0 Å². The standard InChI is InChI=1S/C9H16N2OS/c1-11(8-2-3-13-6-8)9(12)7-4-10-5-7/h7-8,10H,2-6H2,1H3. The molecule has 0 spiro atoms. The number of nitrogens with one attached hydrogen (secondary N) is 1. The predicted molar refractivity (Wildman–Crippen MR) is 54.9 cm³/mol. The van der Waals surface area contributed by atoms with E-state index in [1.54, 1.807) is 0 Å². The van der Waals surface area contributed by atoms with Crippen LogP contribution in [-0.4, -0.2) is 48.5 Å². The summed E-state index contributed by atoms with van der Waals surface area (Å²) >= 11 is 1.96. The molecule has 74 valence electrons. The minimum absolute atomic E-state index is 0.260. The summed E-state index contributed by atoms with van der Waals surface area (Å²) in [4.78, 5) is 13.8. The summed E-state index contributed by atoms with van der Waals surface area (Å²) in [5, 5.41) is 3.13. The zero-order valence-corrected chi connectivity index (χ0v) is 8.77. The lowest BCUT2D eigenvalue weighted by Crippen LogP contribution is -2.53. The topological polar surface area (TPSA) is 32.3 Å². The summed E-state index contributed by atoms with van der Waals surface area (Å²) in [5.74, 6) is 2.94. The van der Waals surface area contributed by atoms with Gasteiger partial charge in [-0.15, -0.1) is 0 Å². The van der Waals surface area contributed by atoms with Gasteiger partial charge in [-0.25, -0.2) is 0 Å². The first-order valence-electron chi connectivity index (χ1n) is 4.84. The van der Waals surface area contributed by atoms with Gasteiger partial charge < -0.3 is 10.2 Å². The Balaban J connectivity index is 1.87. The highest BCUT2D eigenvalue weighted by Crippen LogP contribution is 2.22. The predicted octanol–water partition coefficient (Wildman–Crippen LogP) is 0.170. The number of rotatable bonds is 2. The van der Waals surface area contributed by atoms with Crippen LogP contribution < -0.4 is 5.32 Å². The van der Waals surface area contributed by atoms with Gasteiger partial charge in [-0.1, -0.05) is 0 Å². The summed E-state index contributed by atoms with van der Waals surface area (Å²) < 4.78 is 0. The van der Waals surface area contributed by atoms with E-state index >= 15 is 0 Å². The second-order valence-corrected chi connectivity index (χ2v) is 4.97. The normalized spacial score (nSPS) is 28.5. The molecule has 4 heteroatoms. The molecular formula is C9H16N2OS. The maximum atomic E-state index is 11.8. The van der Waals surface area contributed by atoms with E-state index in [1.165, 1.54) is 12.2 Å². The van der Waals surface area contributed by atoms with Crippen LogP contribution in [0.1, 0.15) is 6.42 Å². The third-order valence-corrected chi connectivity index (χ3v) is 4.08. The van der Waals surface area contributed by atoms with E-state index in [0.29, 0.717) is 11.9 Å². The van der Waals surface area contributed by atoms with Crippen LogP contribution in [0.4, 0.5) is 0 Å². The van der Waals surface area contributed by atoms with Crippen molar-refractivity contribution in [3.8, 4) is 0 Å². The van der Waals surface area contributed by atoms with Crippen LogP contribution in [0.5, 0.6) is 0 Å². The number of thioether (sulfide) groups is 1. The molecule has 0 radical (unpaired) electrons. The smallest absolute Gasteiger partial charge is 0.228 e. The summed E-state index contributed by atoms with van der Waals surface area (Å²) in [6, 6.07) is 0.498. The maximum absolute atomic E-state index is 11.8. The fourth-order valence-electron chi connectivity index (χ4n) is 1.76. The van der Waals surface area contributed by atoms with Crippen LogP contribution in [0.25, 0.3) is 0 Å². The van der Waals surface area contributed by atoms with E-state index in [9.17, 15) is 4.79 Å². The van der Waals surface area contributed by atoms with Crippen LogP contribution in [0, 0.1) is 5.92 Å². The Morgan fingerprint density at radius 2 is 2.31 bits per heavy atom. The quantitative estimate of drug-likeness (QED) is 0.689. The molecule has 2 saturated heterocycles. The van der Waals surface area contributed by atoms with Crippen molar-refractivity contribution in [2.24, 2.45) is 5.92 Å². The first-order valence-corrected chi connectivity index (χ1v) is 5.99. The molecule has 2 aliphatic rings. The van der Waals surface area contributed by atoms with Gasteiger partial charge in [-0.2, -0.15) is 11.8 Å². The fraction of sp³-hybridized carbons (Fsp3) is 0.889. The van der Waals surface area contributed by atoms with E-state index in [-0.39, 0.29) is 5.92 Å². The van der Waals surface area contributed by atoms with Gasteiger partial charge in [0.2, 0.25) is 5.91 Å². The van der Waals surface area contributed by atoms with Crippen molar-refractivity contribution in [3.05, 3.63) is 0 Å². The van der Waals surface area contributed by atoms with Gasteiger partial charge in [0, 0.05) is 31.9 Å². The first-order chi connectivity index (χ1) is 6.29. The van der Waals surface area contributed by atoms with Gasteiger partial charge in [0.05, 0.1) is 5.92 Å². The molecule has 2 heterocycles. The molecule has 1 atom stereocenters. The first kappa shape index (κ1) is 9.34. The fourth-order valence-corrected chi connectivity index (χ4v) is 3.03. The highest BCUT2D eigenvalue weighted by atomic mass is 32.2. The van der Waals surface area contributed by atoms with Crippen LogP contribution in [0.15, 0.2) is 0 Å². The molecule has 1 N–H and O–H groups in total. The maximum Gasteiger partial charge on any atom is 0.228 e. The summed E-state index contributed by atoms with van der Waals surface area (Å²) in [7, 11) is 1.96. The van der Waals surface area contributed by atoms with E-state index in [0.717, 1.165) is 18.8 Å². The minimum Gasteiger partial charge on any atom is -0.342 e. The van der Waals surface area contributed by atoms with Crippen molar-refractivity contribution < 1.29 is 4.79 Å². The zero-order valence-electron chi connectivity index (χ0n) is 7.95. The molecule has 0 bridgehead atoms. The third kappa shape index (κ3) is 1.83. The van der Waals surface area contributed by atoms with E-state index in [4.69, 9.17) is 0 Å². The summed E-state index contributed by atoms with van der Waals surface area (Å²) in [6.07, 6.45) is 1.17. The molecule has 2 fully saturated rings. The largest absolute Gasteiger partial charge is 0.342 e. The van der Waals surface area contributed by atoms with Crippen LogP contribution in [-0.2, 0) is 4.79 Å². The number of nitrogens with zero attached hydrogens (tertiary/aromatic N) is 1. The summed E-state index contributed by atoms with van der Waals surface area (Å²) in [6.45, 7) is 1.76. The van der Waals surface area contributed by atoms with Crippen molar-refractivity contribution >= 4 is 17.7 Å². The van der Waals surface area contributed by atoms with Crippen molar-refractivity contribution in [1.29, 1.82) is 0 Å². The average molecular weight is 200 g/mol. The molecule has 2 rings (SSSR count). The van der Waals surface area contributed by atoms with Gasteiger partial charge in [0.15, 0.2) is 0 Å². The lowest BCUT2D eigenvalue weighted by Gasteiger charge is -2.33. The average Bonchev–Trinajstić information content (AvgIpc) is 2.51. The molecule has 2 aliphatic heterocycles. The highest BCUT2D eigenvalue weighted by molar-refractivity contribution is 7.99. The third-order valence-electron chi connectivity index (χ3n) is 2.93. The minimum atomic E-state index is 0.260.